The van der Waals surface area contributed by atoms with Gasteiger partial charge in [0.1, 0.15) is 0 Å². The van der Waals surface area contributed by atoms with E-state index in [1.165, 1.54) is 14.2 Å². The third kappa shape index (κ3) is 1.50. The lowest BCUT2D eigenvalue weighted by molar-refractivity contribution is 0.369. The van der Waals surface area contributed by atoms with Gasteiger partial charge >= 0.3 is 5.69 Å². The van der Waals surface area contributed by atoms with Gasteiger partial charge in [-0.15, -0.1) is 0 Å². The molecule has 1 aromatic rings. The van der Waals surface area contributed by atoms with E-state index in [-0.39, 0.29) is 16.8 Å². The molecular weight excluding hydrogens is 184 g/mol. The highest BCUT2D eigenvalue weighted by Gasteiger charge is 2.10. The van der Waals surface area contributed by atoms with Crippen LogP contribution in [-0.2, 0) is 0 Å². The summed E-state index contributed by atoms with van der Waals surface area (Å²) in [4.78, 5) is 16.5. The summed E-state index contributed by atoms with van der Waals surface area (Å²) >= 11 is 5.70. The third-order valence-electron chi connectivity index (χ3n) is 1.21. The number of ether oxygens (including phenoxy) is 2. The number of halogens is 1. The zero-order valence-corrected chi connectivity index (χ0v) is 7.31. The fraction of sp³-hybridized carbons (Fsp3) is 0.333. The van der Waals surface area contributed by atoms with Gasteiger partial charge in [-0.05, 0) is 0 Å². The van der Waals surface area contributed by atoms with Crippen molar-refractivity contribution < 1.29 is 9.47 Å². The van der Waals surface area contributed by atoms with Crippen LogP contribution in [0.25, 0.3) is 0 Å². The van der Waals surface area contributed by atoms with Crippen molar-refractivity contribution in [3.63, 3.8) is 0 Å². The molecule has 6 heteroatoms. The lowest BCUT2D eigenvalue weighted by Gasteiger charge is -2.04. The van der Waals surface area contributed by atoms with Gasteiger partial charge in [0, 0.05) is 0 Å². The molecule has 0 radical (unpaired) electrons. The first-order chi connectivity index (χ1) is 5.69. The van der Waals surface area contributed by atoms with Gasteiger partial charge in [-0.25, -0.2) is 4.79 Å². The molecule has 0 aliphatic carbocycles. The molecule has 1 heterocycles. The van der Waals surface area contributed by atoms with Crippen LogP contribution in [0.5, 0.6) is 11.8 Å². The topological polar surface area (TPSA) is 64.2 Å². The van der Waals surface area contributed by atoms with Gasteiger partial charge < -0.3 is 9.47 Å². The van der Waals surface area contributed by atoms with Gasteiger partial charge in [0.2, 0.25) is 11.8 Å². The van der Waals surface area contributed by atoms with E-state index in [9.17, 15) is 4.79 Å². The molecule has 0 spiro atoms. The summed E-state index contributed by atoms with van der Waals surface area (Å²) in [6, 6.07) is 0. The minimum atomic E-state index is -0.562. The molecule has 0 aliphatic heterocycles. The Hall–Kier alpha value is -1.23. The molecule has 12 heavy (non-hydrogen) atoms. The standard InChI is InChI=1S/C6H7ClN2O3/c1-11-4-3(7)5(12-2)9-6(10)8-4/h1-2H3,(H,8,9,10). The minimum absolute atomic E-state index is 0.0530. The van der Waals surface area contributed by atoms with Crippen LogP contribution < -0.4 is 15.2 Å². The van der Waals surface area contributed by atoms with Crippen LogP contribution in [-0.4, -0.2) is 24.2 Å². The fourth-order valence-electron chi connectivity index (χ4n) is 0.694. The summed E-state index contributed by atoms with van der Waals surface area (Å²) in [7, 11) is 2.75. The molecule has 0 aromatic carbocycles. The summed E-state index contributed by atoms with van der Waals surface area (Å²) < 4.78 is 9.49. The van der Waals surface area contributed by atoms with E-state index >= 15 is 0 Å². The lowest BCUT2D eigenvalue weighted by atomic mass is 10.6. The van der Waals surface area contributed by atoms with Gasteiger partial charge in [-0.2, -0.15) is 4.98 Å². The molecule has 0 saturated heterocycles. The van der Waals surface area contributed by atoms with Crippen molar-refractivity contribution in [2.75, 3.05) is 14.2 Å². The first-order valence-corrected chi connectivity index (χ1v) is 3.44. The third-order valence-corrected chi connectivity index (χ3v) is 1.54. The quantitative estimate of drug-likeness (QED) is 0.735. The summed E-state index contributed by atoms with van der Waals surface area (Å²) in [6.07, 6.45) is 0. The second-order valence-electron chi connectivity index (χ2n) is 1.90. The Kier molecular flexibility index (Phi) is 2.54. The highest BCUT2D eigenvalue weighted by atomic mass is 35.5. The second-order valence-corrected chi connectivity index (χ2v) is 2.28. The molecule has 0 fully saturated rings. The molecular formula is C6H7ClN2O3. The summed E-state index contributed by atoms with van der Waals surface area (Å²) in [5, 5.41) is 0.152. The number of nitrogens with one attached hydrogen (secondary N) is 1. The average molecular weight is 191 g/mol. The Morgan fingerprint density at radius 3 is 2.58 bits per heavy atom. The molecule has 0 aliphatic rings. The normalized spacial score (nSPS) is 9.58. The summed E-state index contributed by atoms with van der Waals surface area (Å²) in [6.45, 7) is 0. The molecule has 1 rings (SSSR count). The molecule has 0 saturated carbocycles. The van der Waals surface area contributed by atoms with Crippen LogP contribution in [0.1, 0.15) is 0 Å². The van der Waals surface area contributed by atoms with Gasteiger partial charge in [-0.3, -0.25) is 4.98 Å². The van der Waals surface area contributed by atoms with Crippen LogP contribution >= 0.6 is 11.6 Å². The number of aromatic amines is 1. The highest BCUT2D eigenvalue weighted by molar-refractivity contribution is 6.33. The highest BCUT2D eigenvalue weighted by Crippen LogP contribution is 2.27. The van der Waals surface area contributed by atoms with E-state index in [4.69, 9.17) is 21.1 Å². The predicted molar refractivity (Wildman–Crippen MR) is 43.0 cm³/mol. The molecule has 0 bridgehead atoms. The van der Waals surface area contributed by atoms with Crippen LogP contribution in [0.4, 0.5) is 0 Å². The maximum Gasteiger partial charge on any atom is 0.351 e. The number of nitrogens with zero attached hydrogens (tertiary/aromatic N) is 1. The Labute approximate surface area is 73.3 Å². The maximum atomic E-state index is 10.8. The van der Waals surface area contributed by atoms with Crippen LogP contribution in [0.15, 0.2) is 4.79 Å². The Bertz CT molecular complexity index is 308. The number of hydrogen-bond donors (Lipinski definition) is 1. The summed E-state index contributed by atoms with van der Waals surface area (Å²) in [5.74, 6) is 0.200. The molecule has 0 amide bonds. The number of H-pyrrole nitrogens is 1. The van der Waals surface area contributed by atoms with E-state index < -0.39 is 5.69 Å². The van der Waals surface area contributed by atoms with Crippen LogP contribution in [0.3, 0.4) is 0 Å². The smallest absolute Gasteiger partial charge is 0.351 e. The van der Waals surface area contributed by atoms with Gasteiger partial charge in [-0.1, -0.05) is 11.6 Å². The number of hydrogen-bond acceptors (Lipinski definition) is 4. The number of aromatic nitrogens is 2. The van der Waals surface area contributed by atoms with E-state index in [2.05, 4.69) is 9.97 Å². The van der Waals surface area contributed by atoms with Gasteiger partial charge in [0.25, 0.3) is 0 Å². The first-order valence-electron chi connectivity index (χ1n) is 3.07. The largest absolute Gasteiger partial charge is 0.481 e. The lowest BCUT2D eigenvalue weighted by Crippen LogP contribution is -2.12. The van der Waals surface area contributed by atoms with Crippen molar-refractivity contribution in [1.82, 2.24) is 9.97 Å². The van der Waals surface area contributed by atoms with Crippen molar-refractivity contribution in [1.29, 1.82) is 0 Å². The molecule has 1 N–H and O–H groups in total. The molecule has 66 valence electrons. The second kappa shape index (κ2) is 3.44. The van der Waals surface area contributed by atoms with Crippen molar-refractivity contribution >= 4 is 11.6 Å². The number of methoxy groups -OCH3 is 2. The van der Waals surface area contributed by atoms with Crippen molar-refractivity contribution in [2.24, 2.45) is 0 Å². The van der Waals surface area contributed by atoms with E-state index in [1.54, 1.807) is 0 Å². The van der Waals surface area contributed by atoms with Crippen LogP contribution in [0, 0.1) is 0 Å². The maximum absolute atomic E-state index is 10.8. The summed E-state index contributed by atoms with van der Waals surface area (Å²) in [5.41, 5.74) is -0.562. The van der Waals surface area contributed by atoms with E-state index in [0.29, 0.717) is 0 Å². The monoisotopic (exact) mass is 190 g/mol. The van der Waals surface area contributed by atoms with E-state index in [0.717, 1.165) is 0 Å². The SMILES string of the molecule is COc1nc(=O)[nH]c(OC)c1Cl. The molecule has 0 atom stereocenters. The van der Waals surface area contributed by atoms with Crippen molar-refractivity contribution in [2.45, 2.75) is 0 Å². The van der Waals surface area contributed by atoms with Crippen molar-refractivity contribution in [3.05, 3.63) is 15.5 Å². The predicted octanol–water partition coefficient (Wildman–Crippen LogP) is 0.440. The minimum Gasteiger partial charge on any atom is -0.481 e. The van der Waals surface area contributed by atoms with Crippen LogP contribution in [0.2, 0.25) is 5.02 Å². The average Bonchev–Trinajstić information content (AvgIpc) is 2.08. The van der Waals surface area contributed by atoms with E-state index in [1.807, 2.05) is 0 Å². The Morgan fingerprint density at radius 1 is 1.42 bits per heavy atom. The van der Waals surface area contributed by atoms with Gasteiger partial charge in [0.05, 0.1) is 14.2 Å². The molecule has 1 aromatic heterocycles. The van der Waals surface area contributed by atoms with Crippen molar-refractivity contribution in [3.8, 4) is 11.8 Å². The Balaban J connectivity index is 3.32. The van der Waals surface area contributed by atoms with Gasteiger partial charge in [0.15, 0.2) is 5.02 Å². The Morgan fingerprint density at radius 2 is 2.08 bits per heavy atom. The fourth-order valence-corrected chi connectivity index (χ4v) is 0.938. The molecule has 5 nitrogen and oxygen atoms in total. The zero-order chi connectivity index (χ0) is 9.14. The number of rotatable bonds is 2. The zero-order valence-electron chi connectivity index (χ0n) is 6.55. The molecule has 0 unspecified atom stereocenters. The first kappa shape index (κ1) is 8.86.